The Kier molecular flexibility index (Phi) is 16.3. The highest BCUT2D eigenvalue weighted by molar-refractivity contribution is 5.90. The number of rotatable bonds is 20. The number of carbonyl (C=O) groups is 2. The Hall–Kier alpha value is -3.65. The van der Waals surface area contributed by atoms with E-state index in [0.717, 1.165) is 61.3 Å². The summed E-state index contributed by atoms with van der Waals surface area (Å²) in [6.07, 6.45) is 7.98. The molecule has 2 aromatic rings. The van der Waals surface area contributed by atoms with Crippen LogP contribution in [0.15, 0.2) is 60.8 Å². The van der Waals surface area contributed by atoms with Crippen LogP contribution in [0.1, 0.15) is 84.4 Å². The van der Waals surface area contributed by atoms with Gasteiger partial charge in [-0.05, 0) is 92.1 Å². The van der Waals surface area contributed by atoms with E-state index in [1.165, 1.54) is 6.08 Å². The van der Waals surface area contributed by atoms with Gasteiger partial charge in [0.2, 0.25) is 11.8 Å². The molecule has 3 N–H and O–H groups in total. The van der Waals surface area contributed by atoms with Crippen molar-refractivity contribution in [2.45, 2.75) is 92.7 Å². The monoisotopic (exact) mass is 676 g/mol. The molecule has 7 nitrogen and oxygen atoms in total. The molecule has 3 rings (SSSR count). The van der Waals surface area contributed by atoms with E-state index in [2.05, 4.69) is 74.2 Å². The molecule has 1 aliphatic rings. The number of likely N-dealkylation sites (tertiary alicyclic amines) is 1. The van der Waals surface area contributed by atoms with E-state index in [-0.39, 0.29) is 35.4 Å². The largest absolute Gasteiger partial charge is 0.493 e. The number of hydrogen-bond acceptors (Lipinski definition) is 5. The van der Waals surface area contributed by atoms with E-state index in [9.17, 15) is 14.0 Å². The summed E-state index contributed by atoms with van der Waals surface area (Å²) in [5, 5.41) is 9.81. The van der Waals surface area contributed by atoms with Crippen molar-refractivity contribution in [2.75, 3.05) is 32.8 Å². The number of amides is 2. The van der Waals surface area contributed by atoms with Gasteiger partial charge >= 0.3 is 0 Å². The van der Waals surface area contributed by atoms with Crippen LogP contribution < -0.4 is 20.7 Å². The molecule has 1 saturated heterocycles. The minimum Gasteiger partial charge on any atom is -0.493 e. The maximum atomic E-state index is 14.5. The van der Waals surface area contributed by atoms with E-state index in [1.54, 1.807) is 12.1 Å². The van der Waals surface area contributed by atoms with Crippen LogP contribution in [0, 0.1) is 29.5 Å². The van der Waals surface area contributed by atoms with Gasteiger partial charge in [0.05, 0.1) is 6.61 Å². The molecule has 0 bridgehead atoms. The predicted molar refractivity (Wildman–Crippen MR) is 200 cm³/mol. The number of nitrogens with zero attached hydrogens (tertiary/aromatic N) is 1. The highest BCUT2D eigenvalue weighted by Gasteiger charge is 2.31. The number of carbonyl (C=O) groups excluding carboxylic acids is 2. The van der Waals surface area contributed by atoms with Crippen molar-refractivity contribution in [3.8, 4) is 5.75 Å². The summed E-state index contributed by atoms with van der Waals surface area (Å²) < 4.78 is 20.5. The lowest BCUT2D eigenvalue weighted by atomic mass is 9.94. The van der Waals surface area contributed by atoms with Crippen molar-refractivity contribution in [3.05, 3.63) is 83.3 Å². The molecule has 0 radical (unpaired) electrons. The maximum Gasteiger partial charge on any atom is 0.243 e. The number of hydrogen-bond donors (Lipinski definition) is 3. The predicted octanol–water partition coefficient (Wildman–Crippen LogP) is 7.17. The maximum absolute atomic E-state index is 14.5. The first kappa shape index (κ1) is 39.8. The van der Waals surface area contributed by atoms with Crippen LogP contribution in [0.5, 0.6) is 5.75 Å². The molecule has 1 fully saturated rings. The Morgan fingerprint density at radius 1 is 0.980 bits per heavy atom. The van der Waals surface area contributed by atoms with Crippen LogP contribution in [0.25, 0.3) is 6.08 Å². The van der Waals surface area contributed by atoms with Crippen LogP contribution >= 0.6 is 0 Å². The highest BCUT2D eigenvalue weighted by Crippen LogP contribution is 2.23. The van der Waals surface area contributed by atoms with Gasteiger partial charge in [0.1, 0.15) is 23.7 Å². The molecule has 8 heteroatoms. The normalized spacial score (nSPS) is 16.2. The van der Waals surface area contributed by atoms with E-state index in [0.29, 0.717) is 37.6 Å². The summed E-state index contributed by atoms with van der Waals surface area (Å²) in [6, 6.07) is 12.1. The second-order valence-corrected chi connectivity index (χ2v) is 14.5. The smallest absolute Gasteiger partial charge is 0.243 e. The quantitative estimate of drug-likeness (QED) is 0.139. The van der Waals surface area contributed by atoms with Crippen LogP contribution in [0.2, 0.25) is 0 Å². The number of halogens is 1. The molecule has 0 aliphatic carbocycles. The third-order valence-electron chi connectivity index (χ3n) is 9.06. The van der Waals surface area contributed by atoms with E-state index >= 15 is 0 Å². The molecule has 0 unspecified atom stereocenters. The van der Waals surface area contributed by atoms with Gasteiger partial charge < -0.3 is 25.6 Å². The van der Waals surface area contributed by atoms with Crippen LogP contribution in [0.3, 0.4) is 0 Å². The third kappa shape index (κ3) is 13.0. The second-order valence-electron chi connectivity index (χ2n) is 14.5. The lowest BCUT2D eigenvalue weighted by molar-refractivity contribution is -0.131. The number of allylic oxidation sites excluding steroid dienone is 2. The molecule has 1 heterocycles. The molecular formula is C41H61FN4O3. The molecule has 0 aromatic heterocycles. The molecule has 0 spiro atoms. The highest BCUT2D eigenvalue weighted by atomic mass is 19.1. The second kappa shape index (κ2) is 20.1. The summed E-state index contributed by atoms with van der Waals surface area (Å²) in [6.45, 7) is 21.7. The van der Waals surface area contributed by atoms with Gasteiger partial charge in [0.25, 0.3) is 0 Å². The Balaban J connectivity index is 1.68. The van der Waals surface area contributed by atoms with Gasteiger partial charge in [0, 0.05) is 24.4 Å². The minimum absolute atomic E-state index is 0.0223. The zero-order chi connectivity index (χ0) is 35.9. The summed E-state index contributed by atoms with van der Waals surface area (Å²) in [4.78, 5) is 29.9. The van der Waals surface area contributed by atoms with Gasteiger partial charge in [-0.2, -0.15) is 0 Å². The van der Waals surface area contributed by atoms with Gasteiger partial charge in [0.15, 0.2) is 0 Å². The number of benzene rings is 2. The van der Waals surface area contributed by atoms with Crippen LogP contribution in [0.4, 0.5) is 4.39 Å². The molecular weight excluding hydrogens is 615 g/mol. The zero-order valence-corrected chi connectivity index (χ0v) is 31.0. The van der Waals surface area contributed by atoms with Gasteiger partial charge in [-0.1, -0.05) is 97.5 Å². The average molecular weight is 677 g/mol. The topological polar surface area (TPSA) is 82.7 Å². The van der Waals surface area contributed by atoms with Gasteiger partial charge in [-0.15, -0.1) is 0 Å². The van der Waals surface area contributed by atoms with E-state index in [1.807, 2.05) is 38.1 Å². The Morgan fingerprint density at radius 2 is 1.69 bits per heavy atom. The first-order valence-electron chi connectivity index (χ1n) is 18.3. The minimum atomic E-state index is -0.676. The van der Waals surface area contributed by atoms with Crippen molar-refractivity contribution in [2.24, 2.45) is 23.7 Å². The lowest BCUT2D eigenvalue weighted by Gasteiger charge is -2.30. The number of ether oxygens (including phenoxy) is 1. The Morgan fingerprint density at radius 3 is 2.33 bits per heavy atom. The summed E-state index contributed by atoms with van der Waals surface area (Å²) >= 11 is 0. The molecule has 0 saturated carbocycles. The standard InChI is InChI=1S/C41H61FN4O3/c1-9-15-36(31(8)23-32-18-19-33(10-2)35(42)24-32)44-39(29(5)6)41(48)45-37(26-46-20-13-14-21-46)40(47)43-25-30(7)22-34-16-11-12-17-38(34)49-27-28(3)4/h10-12,15-19,24,28-31,37,39,44H,2,9,13-14,20-23,25-27H2,1,3-8H3,(H,43,47)(H,45,48)/b36-15+/t30-,31+,37-,39+/m0/s1. The van der Waals surface area contributed by atoms with Crippen molar-refractivity contribution >= 4 is 17.9 Å². The van der Waals surface area contributed by atoms with Crippen LogP contribution in [-0.4, -0.2) is 61.6 Å². The average Bonchev–Trinajstić information content (AvgIpc) is 3.57. The van der Waals surface area contributed by atoms with Gasteiger partial charge in [-0.25, -0.2) is 4.39 Å². The van der Waals surface area contributed by atoms with E-state index in [4.69, 9.17) is 4.74 Å². The van der Waals surface area contributed by atoms with Crippen molar-refractivity contribution in [1.29, 1.82) is 0 Å². The fraction of sp³-hybridized carbons (Fsp3) is 0.561. The van der Waals surface area contributed by atoms with Gasteiger partial charge in [-0.3, -0.25) is 9.59 Å². The summed E-state index contributed by atoms with van der Waals surface area (Å²) in [5.41, 5.74) is 3.43. The SMILES string of the molecule is C=Cc1ccc(C[C@@H](C)/C(=C\CC)N[C@@H](C(=O)N[C@@H](CN2CCCC2)C(=O)NC[C@@H](C)Cc2ccccc2OCC(C)C)C(C)C)cc1F. The third-order valence-corrected chi connectivity index (χ3v) is 9.06. The Bertz CT molecular complexity index is 1380. The van der Waals surface area contributed by atoms with Crippen LogP contribution in [-0.2, 0) is 22.4 Å². The molecule has 270 valence electrons. The number of nitrogens with one attached hydrogen (secondary N) is 3. The summed E-state index contributed by atoms with van der Waals surface area (Å²) in [7, 11) is 0. The molecule has 2 amide bonds. The first-order chi connectivity index (χ1) is 23.4. The lowest BCUT2D eigenvalue weighted by Crippen LogP contribution is -2.57. The molecule has 49 heavy (non-hydrogen) atoms. The molecule has 2 aromatic carbocycles. The molecule has 1 aliphatic heterocycles. The fourth-order valence-corrected chi connectivity index (χ4v) is 6.26. The Labute approximate surface area is 295 Å². The molecule has 4 atom stereocenters. The number of para-hydroxylation sites is 1. The van der Waals surface area contributed by atoms with E-state index < -0.39 is 12.1 Å². The fourth-order valence-electron chi connectivity index (χ4n) is 6.26. The van der Waals surface area contributed by atoms with Crippen molar-refractivity contribution in [1.82, 2.24) is 20.9 Å². The first-order valence-corrected chi connectivity index (χ1v) is 18.3. The van der Waals surface area contributed by atoms with Crippen molar-refractivity contribution in [3.63, 3.8) is 0 Å². The zero-order valence-electron chi connectivity index (χ0n) is 31.0. The summed E-state index contributed by atoms with van der Waals surface area (Å²) in [5.74, 6) is 0.831. The van der Waals surface area contributed by atoms with Crippen molar-refractivity contribution < 1.29 is 18.7 Å².